The molecule has 1 unspecified atom stereocenters. The molecular weight excluding hydrogens is 218 g/mol. The second kappa shape index (κ2) is 5.08. The number of amides is 1. The number of alkyl carbamates (subject to hydrolysis) is 1. The van der Waals surface area contributed by atoms with Gasteiger partial charge in [0.25, 0.3) is 0 Å². The van der Waals surface area contributed by atoms with Gasteiger partial charge in [0.2, 0.25) is 0 Å². The normalized spacial score (nSPS) is 20.1. The predicted octanol–water partition coefficient (Wildman–Crippen LogP) is 2.37. The van der Waals surface area contributed by atoms with Crippen LogP contribution < -0.4 is 5.32 Å². The molecule has 98 valence electrons. The number of hydrogen-bond donors (Lipinski definition) is 2. The lowest BCUT2D eigenvalue weighted by Gasteiger charge is -2.33. The van der Waals surface area contributed by atoms with Crippen LogP contribution in [0.2, 0.25) is 0 Å². The van der Waals surface area contributed by atoms with Gasteiger partial charge < -0.3 is 15.2 Å². The van der Waals surface area contributed by atoms with Crippen LogP contribution in [0.5, 0.6) is 0 Å². The van der Waals surface area contributed by atoms with Gasteiger partial charge in [0.05, 0.1) is 11.6 Å². The van der Waals surface area contributed by atoms with Crippen LogP contribution in [-0.2, 0) is 4.74 Å². The van der Waals surface area contributed by atoms with Gasteiger partial charge in [0.15, 0.2) is 0 Å². The van der Waals surface area contributed by atoms with E-state index < -0.39 is 17.3 Å². The Balaban J connectivity index is 2.55. The largest absolute Gasteiger partial charge is 0.444 e. The van der Waals surface area contributed by atoms with Crippen LogP contribution in [0.4, 0.5) is 4.79 Å². The van der Waals surface area contributed by atoms with E-state index in [0.29, 0.717) is 19.3 Å². The molecule has 0 radical (unpaired) electrons. The number of rotatable bonds is 3. The van der Waals surface area contributed by atoms with E-state index in [1.165, 1.54) is 0 Å². The minimum absolute atomic E-state index is 0.271. The number of carbonyl (C=O) groups excluding carboxylic acids is 1. The SMILES string of the molecule is CCC(NC(=O)OC(C)(C)C)C1(O)CC=CC1. The fraction of sp³-hybridized carbons (Fsp3) is 0.769. The summed E-state index contributed by atoms with van der Waals surface area (Å²) in [6.07, 6.45) is 5.27. The Morgan fingerprint density at radius 3 is 2.41 bits per heavy atom. The van der Waals surface area contributed by atoms with E-state index in [9.17, 15) is 9.90 Å². The second-order valence-electron chi connectivity index (χ2n) is 5.59. The van der Waals surface area contributed by atoms with Gasteiger partial charge in [-0.05, 0) is 40.0 Å². The highest BCUT2D eigenvalue weighted by Crippen LogP contribution is 2.28. The van der Waals surface area contributed by atoms with Gasteiger partial charge in [-0.3, -0.25) is 0 Å². The van der Waals surface area contributed by atoms with Crippen molar-refractivity contribution in [3.63, 3.8) is 0 Å². The molecule has 1 rings (SSSR count). The number of hydrogen-bond acceptors (Lipinski definition) is 3. The first kappa shape index (κ1) is 14.0. The van der Waals surface area contributed by atoms with Crippen molar-refractivity contribution < 1.29 is 14.6 Å². The zero-order chi connectivity index (χ0) is 13.1. The summed E-state index contributed by atoms with van der Waals surface area (Å²) < 4.78 is 5.19. The summed E-state index contributed by atoms with van der Waals surface area (Å²) in [4.78, 5) is 11.7. The van der Waals surface area contributed by atoms with E-state index in [4.69, 9.17) is 4.74 Å². The molecule has 0 bridgehead atoms. The minimum atomic E-state index is -0.856. The van der Waals surface area contributed by atoms with Gasteiger partial charge in [-0.1, -0.05) is 19.1 Å². The Bertz CT molecular complexity index is 296. The standard InChI is InChI=1S/C13H23NO3/c1-5-10(13(16)8-6-7-9-13)14-11(15)17-12(2,3)4/h6-7,10,16H,5,8-9H2,1-4H3,(H,14,15). The molecule has 2 N–H and O–H groups in total. The second-order valence-corrected chi connectivity index (χ2v) is 5.59. The summed E-state index contributed by atoms with van der Waals surface area (Å²) in [7, 11) is 0. The molecule has 0 aliphatic heterocycles. The monoisotopic (exact) mass is 241 g/mol. The van der Waals surface area contributed by atoms with E-state index in [1.807, 2.05) is 39.8 Å². The number of nitrogens with one attached hydrogen (secondary N) is 1. The minimum Gasteiger partial charge on any atom is -0.444 e. The van der Waals surface area contributed by atoms with Crippen molar-refractivity contribution in [2.24, 2.45) is 0 Å². The van der Waals surface area contributed by atoms with Gasteiger partial charge in [-0.15, -0.1) is 0 Å². The van der Waals surface area contributed by atoms with Crippen LogP contribution >= 0.6 is 0 Å². The molecule has 0 fully saturated rings. The van der Waals surface area contributed by atoms with Crippen LogP contribution in [0.1, 0.15) is 47.0 Å². The van der Waals surface area contributed by atoms with Gasteiger partial charge >= 0.3 is 6.09 Å². The molecule has 0 heterocycles. The first-order valence-electron chi connectivity index (χ1n) is 6.14. The quantitative estimate of drug-likeness (QED) is 0.746. The number of ether oxygens (including phenoxy) is 1. The molecule has 0 aromatic heterocycles. The van der Waals surface area contributed by atoms with Gasteiger partial charge in [0, 0.05) is 0 Å². The lowest BCUT2D eigenvalue weighted by molar-refractivity contribution is 0.000530. The molecule has 1 amide bonds. The van der Waals surface area contributed by atoms with Gasteiger partial charge in [-0.2, -0.15) is 0 Å². The van der Waals surface area contributed by atoms with Crippen LogP contribution in [0, 0.1) is 0 Å². The van der Waals surface area contributed by atoms with Crippen molar-refractivity contribution in [1.82, 2.24) is 5.32 Å². The Morgan fingerprint density at radius 1 is 1.47 bits per heavy atom. The highest BCUT2D eigenvalue weighted by Gasteiger charge is 2.37. The number of carbonyl (C=O) groups is 1. The third-order valence-electron chi connectivity index (χ3n) is 2.86. The van der Waals surface area contributed by atoms with Crippen LogP contribution in [0.3, 0.4) is 0 Å². The summed E-state index contributed by atoms with van der Waals surface area (Å²) in [6, 6.07) is -0.271. The zero-order valence-electron chi connectivity index (χ0n) is 11.1. The fourth-order valence-electron chi connectivity index (χ4n) is 2.01. The van der Waals surface area contributed by atoms with Crippen molar-refractivity contribution in [1.29, 1.82) is 0 Å². The van der Waals surface area contributed by atoms with Gasteiger partial charge in [-0.25, -0.2) is 4.79 Å². The van der Waals surface area contributed by atoms with Crippen molar-refractivity contribution >= 4 is 6.09 Å². The molecule has 0 saturated heterocycles. The molecule has 0 aromatic carbocycles. The molecule has 4 heteroatoms. The lowest BCUT2D eigenvalue weighted by Crippen LogP contribution is -2.52. The van der Waals surface area contributed by atoms with Crippen molar-refractivity contribution in [3.05, 3.63) is 12.2 Å². The molecule has 0 saturated carbocycles. The lowest BCUT2D eigenvalue weighted by atomic mass is 9.90. The average molecular weight is 241 g/mol. The predicted molar refractivity (Wildman–Crippen MR) is 66.8 cm³/mol. The summed E-state index contributed by atoms with van der Waals surface area (Å²) in [6.45, 7) is 7.40. The smallest absolute Gasteiger partial charge is 0.407 e. The fourth-order valence-corrected chi connectivity index (χ4v) is 2.01. The van der Waals surface area contributed by atoms with Crippen LogP contribution in [0.25, 0.3) is 0 Å². The molecule has 1 atom stereocenters. The van der Waals surface area contributed by atoms with E-state index in [0.717, 1.165) is 0 Å². The average Bonchev–Trinajstić information content (AvgIpc) is 2.59. The molecule has 0 aromatic rings. The number of aliphatic hydroxyl groups is 1. The Hall–Kier alpha value is -1.03. The van der Waals surface area contributed by atoms with E-state index in [2.05, 4.69) is 5.32 Å². The van der Waals surface area contributed by atoms with Crippen molar-refractivity contribution in [3.8, 4) is 0 Å². The molecule has 0 spiro atoms. The Labute approximate surface area is 103 Å². The van der Waals surface area contributed by atoms with E-state index in [-0.39, 0.29) is 6.04 Å². The first-order valence-corrected chi connectivity index (χ1v) is 6.14. The van der Waals surface area contributed by atoms with Crippen LogP contribution in [0.15, 0.2) is 12.2 Å². The van der Waals surface area contributed by atoms with Crippen molar-refractivity contribution in [2.45, 2.75) is 64.2 Å². The van der Waals surface area contributed by atoms with Gasteiger partial charge in [0.1, 0.15) is 5.60 Å². The maximum absolute atomic E-state index is 11.7. The first-order chi connectivity index (χ1) is 7.77. The summed E-state index contributed by atoms with van der Waals surface area (Å²) in [5.41, 5.74) is -1.37. The van der Waals surface area contributed by atoms with Crippen LogP contribution in [-0.4, -0.2) is 28.4 Å². The summed E-state index contributed by atoms with van der Waals surface area (Å²) >= 11 is 0. The molecule has 17 heavy (non-hydrogen) atoms. The summed E-state index contributed by atoms with van der Waals surface area (Å²) in [5.74, 6) is 0. The van der Waals surface area contributed by atoms with E-state index in [1.54, 1.807) is 0 Å². The highest BCUT2D eigenvalue weighted by atomic mass is 16.6. The maximum atomic E-state index is 11.7. The zero-order valence-corrected chi connectivity index (χ0v) is 11.1. The third-order valence-corrected chi connectivity index (χ3v) is 2.86. The third kappa shape index (κ3) is 4.04. The molecular formula is C13H23NO3. The molecule has 1 aliphatic rings. The highest BCUT2D eigenvalue weighted by molar-refractivity contribution is 5.68. The Kier molecular flexibility index (Phi) is 4.20. The summed E-state index contributed by atoms with van der Waals surface area (Å²) in [5, 5.41) is 13.1. The van der Waals surface area contributed by atoms with Crippen molar-refractivity contribution in [2.75, 3.05) is 0 Å². The topological polar surface area (TPSA) is 58.6 Å². The Morgan fingerprint density at radius 2 is 2.00 bits per heavy atom. The van der Waals surface area contributed by atoms with E-state index >= 15 is 0 Å². The molecule has 4 nitrogen and oxygen atoms in total. The maximum Gasteiger partial charge on any atom is 0.407 e. The molecule has 1 aliphatic carbocycles.